The summed E-state index contributed by atoms with van der Waals surface area (Å²) in [6.07, 6.45) is 0.0702. The van der Waals surface area contributed by atoms with Crippen LogP contribution < -0.4 is 0 Å². The van der Waals surface area contributed by atoms with Crippen molar-refractivity contribution < 1.29 is 18.4 Å². The van der Waals surface area contributed by atoms with E-state index in [9.17, 15) is 9.36 Å². The van der Waals surface area contributed by atoms with Gasteiger partial charge in [-0.05, 0) is 31.5 Å². The molecule has 0 fully saturated rings. The summed E-state index contributed by atoms with van der Waals surface area (Å²) in [4.78, 5) is 18.9. The van der Waals surface area contributed by atoms with E-state index in [4.69, 9.17) is 14.0 Å². The van der Waals surface area contributed by atoms with E-state index in [1.807, 2.05) is 103 Å². The van der Waals surface area contributed by atoms with Gasteiger partial charge in [-0.1, -0.05) is 119 Å². The van der Waals surface area contributed by atoms with Crippen LogP contribution in [0.5, 0.6) is 0 Å². The highest BCUT2D eigenvalue weighted by Gasteiger charge is 2.43. The smallest absolute Gasteiger partial charge is 0.307 e. The maximum atomic E-state index is 14.6. The quantitative estimate of drug-likeness (QED) is 0.0853. The Balaban J connectivity index is 1.93. The van der Waals surface area contributed by atoms with Gasteiger partial charge in [0.25, 0.3) is 0 Å². The Morgan fingerprint density at radius 2 is 1.20 bits per heavy atom. The van der Waals surface area contributed by atoms with Crippen LogP contribution in [0.15, 0.2) is 125 Å². The molecule has 4 aromatic rings. The molecule has 0 bridgehead atoms. The molecule has 40 heavy (non-hydrogen) atoms. The zero-order valence-corrected chi connectivity index (χ0v) is 25.1. The summed E-state index contributed by atoms with van der Waals surface area (Å²) < 4.78 is 27.3. The van der Waals surface area contributed by atoms with Crippen LogP contribution in [-0.4, -0.2) is 30.5 Å². The van der Waals surface area contributed by atoms with Gasteiger partial charge in [0.15, 0.2) is 11.6 Å². The Morgan fingerprint density at radius 3 is 1.68 bits per heavy atom. The van der Waals surface area contributed by atoms with Gasteiger partial charge >= 0.3 is 7.60 Å². The van der Waals surface area contributed by atoms with Gasteiger partial charge in [0.2, 0.25) is 0 Å². The summed E-state index contributed by atoms with van der Waals surface area (Å²) in [6, 6.07) is 36.4. The van der Waals surface area contributed by atoms with Crippen molar-refractivity contribution in [2.24, 2.45) is 4.99 Å². The van der Waals surface area contributed by atoms with Gasteiger partial charge in [-0.2, -0.15) is 0 Å². The van der Waals surface area contributed by atoms with E-state index >= 15 is 0 Å². The largest absolute Gasteiger partial charge is 0.355 e. The van der Waals surface area contributed by atoms with Gasteiger partial charge in [0.1, 0.15) is 0 Å². The summed E-state index contributed by atoms with van der Waals surface area (Å²) in [5.74, 6) is -1.64. The van der Waals surface area contributed by atoms with E-state index in [1.54, 1.807) is 26.0 Å². The van der Waals surface area contributed by atoms with E-state index in [1.165, 1.54) is 0 Å². The van der Waals surface area contributed by atoms with Gasteiger partial charge in [-0.3, -0.25) is 14.4 Å². The van der Waals surface area contributed by atoms with E-state index in [2.05, 4.69) is 15.9 Å². The molecule has 0 aliphatic rings. The number of rotatable bonds is 13. The van der Waals surface area contributed by atoms with Crippen molar-refractivity contribution in [1.82, 2.24) is 0 Å². The highest BCUT2D eigenvalue weighted by Crippen LogP contribution is 2.59. The summed E-state index contributed by atoms with van der Waals surface area (Å²) in [5, 5.41) is 0. The molecule has 0 spiro atoms. The van der Waals surface area contributed by atoms with Crippen molar-refractivity contribution in [3.8, 4) is 0 Å². The minimum absolute atomic E-state index is 0.0702. The Bertz CT molecular complexity index is 1390. The molecule has 0 aliphatic heterocycles. The molecule has 0 radical (unpaired) electrons. The number of hydrogen-bond donors (Lipinski definition) is 0. The lowest BCUT2D eigenvalue weighted by Gasteiger charge is -2.31. The lowest BCUT2D eigenvalue weighted by molar-refractivity contribution is 0.0971. The second kappa shape index (κ2) is 14.5. The predicted octanol–water partition coefficient (Wildman–Crippen LogP) is 8.94. The average Bonchev–Trinajstić information content (AvgIpc) is 2.98. The first-order valence-corrected chi connectivity index (χ1v) is 15.8. The topological polar surface area (TPSA) is 65.0 Å². The van der Waals surface area contributed by atoms with Crippen LogP contribution in [0.3, 0.4) is 0 Å². The molecular formula is C33H33BrNO4P. The zero-order valence-electron chi connectivity index (χ0n) is 22.7. The molecule has 0 saturated heterocycles. The van der Waals surface area contributed by atoms with Crippen LogP contribution in [-0.2, 0) is 13.6 Å². The molecule has 0 N–H and O–H groups in total. The minimum atomic E-state index is -3.85. The molecule has 0 saturated carbocycles. The summed E-state index contributed by atoms with van der Waals surface area (Å²) in [6.45, 7) is 3.92. The number of ketones is 1. The molecule has 4 aromatic carbocycles. The lowest BCUT2D eigenvalue weighted by atomic mass is 9.91. The third-order valence-corrected chi connectivity index (χ3v) is 9.35. The normalized spacial score (nSPS) is 12.9. The first kappa shape index (κ1) is 29.8. The molecule has 206 valence electrons. The standard InChI is InChI=1S/C33H33BrNO4P/c1-3-38-40(37,39-4-2)33(35-32(27-16-10-6-11-17-27)28-18-12-7-13-19-28)30(25-14-8-5-9-15-25)24-31(36)26-20-22-29(34)23-21-26/h5-23,30,33H,3-4,24H2,1-2H3/t30-,33-/m0/s1. The fourth-order valence-corrected chi connectivity index (χ4v) is 6.96. The zero-order chi connectivity index (χ0) is 28.4. The maximum Gasteiger partial charge on any atom is 0.355 e. The van der Waals surface area contributed by atoms with Gasteiger partial charge in [-0.15, -0.1) is 0 Å². The lowest BCUT2D eigenvalue weighted by Crippen LogP contribution is -2.25. The SMILES string of the molecule is CCOP(=O)(OCC)[C@H](N=C(c1ccccc1)c1ccccc1)[C@@H](CC(=O)c1ccc(Br)cc1)c1ccccc1. The molecule has 0 aliphatic carbocycles. The van der Waals surface area contributed by atoms with Crippen molar-refractivity contribution in [3.05, 3.63) is 142 Å². The summed E-state index contributed by atoms with van der Waals surface area (Å²) >= 11 is 3.44. The molecule has 0 amide bonds. The number of hydrogen-bond acceptors (Lipinski definition) is 5. The minimum Gasteiger partial charge on any atom is -0.307 e. The predicted molar refractivity (Wildman–Crippen MR) is 165 cm³/mol. The molecule has 2 atom stereocenters. The summed E-state index contributed by atoms with van der Waals surface area (Å²) in [7, 11) is -3.85. The van der Waals surface area contributed by atoms with Gasteiger partial charge in [-0.25, -0.2) is 0 Å². The number of halogens is 1. The highest BCUT2D eigenvalue weighted by atomic mass is 79.9. The van der Waals surface area contributed by atoms with Gasteiger partial charge in [0, 0.05) is 33.5 Å². The van der Waals surface area contributed by atoms with E-state index < -0.39 is 19.3 Å². The number of benzene rings is 4. The van der Waals surface area contributed by atoms with Crippen LogP contribution >= 0.6 is 23.5 Å². The monoisotopic (exact) mass is 617 g/mol. The third kappa shape index (κ3) is 7.52. The molecule has 4 rings (SSSR count). The molecule has 0 aromatic heterocycles. The molecular weight excluding hydrogens is 585 g/mol. The second-order valence-electron chi connectivity index (χ2n) is 9.15. The molecule has 7 heteroatoms. The number of carbonyl (C=O) groups is 1. The van der Waals surface area contributed by atoms with Crippen LogP contribution in [0.4, 0.5) is 0 Å². The first-order valence-electron chi connectivity index (χ1n) is 13.4. The van der Waals surface area contributed by atoms with E-state index in [0.29, 0.717) is 11.3 Å². The number of aliphatic imine (C=N–C) groups is 1. The van der Waals surface area contributed by atoms with E-state index in [-0.39, 0.29) is 25.4 Å². The fraction of sp³-hybridized carbons (Fsp3) is 0.212. The van der Waals surface area contributed by atoms with Gasteiger partial charge < -0.3 is 9.05 Å². The van der Waals surface area contributed by atoms with Crippen molar-refractivity contribution in [1.29, 1.82) is 0 Å². The van der Waals surface area contributed by atoms with Crippen LogP contribution in [0.2, 0.25) is 0 Å². The third-order valence-electron chi connectivity index (χ3n) is 6.46. The second-order valence-corrected chi connectivity index (χ2v) is 12.2. The fourth-order valence-electron chi connectivity index (χ4n) is 4.62. The summed E-state index contributed by atoms with van der Waals surface area (Å²) in [5.41, 5.74) is 3.79. The average molecular weight is 619 g/mol. The number of carbonyl (C=O) groups excluding carboxylic acids is 1. The van der Waals surface area contributed by atoms with Crippen LogP contribution in [0, 0.1) is 0 Å². The van der Waals surface area contributed by atoms with Crippen molar-refractivity contribution >= 4 is 35.0 Å². The molecule has 0 heterocycles. The Labute approximate surface area is 245 Å². The Morgan fingerprint density at radius 1 is 0.725 bits per heavy atom. The Kier molecular flexibility index (Phi) is 10.8. The van der Waals surface area contributed by atoms with Gasteiger partial charge in [0.05, 0.1) is 18.9 Å². The van der Waals surface area contributed by atoms with E-state index in [0.717, 1.165) is 21.2 Å². The molecule has 5 nitrogen and oxygen atoms in total. The maximum absolute atomic E-state index is 14.6. The Hall–Kier alpha value is -3.15. The van der Waals surface area contributed by atoms with Crippen molar-refractivity contribution in [3.63, 3.8) is 0 Å². The van der Waals surface area contributed by atoms with Crippen molar-refractivity contribution in [2.45, 2.75) is 32.0 Å². The molecule has 0 unspecified atom stereocenters. The van der Waals surface area contributed by atoms with Crippen molar-refractivity contribution in [2.75, 3.05) is 13.2 Å². The number of Topliss-reactive ketones (excluding diaryl/α,β-unsaturated/α-hetero) is 1. The number of nitrogens with zero attached hydrogens (tertiary/aromatic N) is 1. The first-order chi connectivity index (χ1) is 19.4. The van der Waals surface area contributed by atoms with Crippen LogP contribution in [0.25, 0.3) is 0 Å². The highest BCUT2D eigenvalue weighted by molar-refractivity contribution is 9.10. The van der Waals surface area contributed by atoms with Crippen LogP contribution in [0.1, 0.15) is 53.2 Å².